The summed E-state index contributed by atoms with van der Waals surface area (Å²) >= 11 is 0.968. The van der Waals surface area contributed by atoms with Crippen molar-refractivity contribution in [2.75, 3.05) is 0 Å². The van der Waals surface area contributed by atoms with Crippen LogP contribution in [0.25, 0.3) is 6.08 Å². The van der Waals surface area contributed by atoms with Crippen LogP contribution in [0.1, 0.15) is 16.7 Å². The van der Waals surface area contributed by atoms with E-state index in [1.165, 1.54) is 4.90 Å². The minimum atomic E-state index is -0.268. The maximum atomic E-state index is 12.8. The number of thioether (sulfide) groups is 1. The highest BCUT2D eigenvalue weighted by atomic mass is 32.2. The quantitative estimate of drug-likeness (QED) is 0.490. The molecule has 1 heterocycles. The third-order valence-corrected chi connectivity index (χ3v) is 5.34. The minimum Gasteiger partial charge on any atom is -0.457 e. The molecule has 3 aromatic rings. The highest BCUT2D eigenvalue weighted by Gasteiger charge is 2.34. The summed E-state index contributed by atoms with van der Waals surface area (Å²) in [4.78, 5) is 26.9. The summed E-state index contributed by atoms with van der Waals surface area (Å²) in [5, 5.41) is -0.251. The first kappa shape index (κ1) is 19.0. The van der Waals surface area contributed by atoms with Crippen LogP contribution in [0.15, 0.2) is 83.8 Å². The molecule has 0 aromatic heterocycles. The number of para-hydroxylation sites is 1. The predicted octanol–water partition coefficient (Wildman–Crippen LogP) is 6.02. The molecule has 144 valence electrons. The van der Waals surface area contributed by atoms with E-state index in [0.29, 0.717) is 10.7 Å². The van der Waals surface area contributed by atoms with E-state index in [4.69, 9.17) is 4.74 Å². The summed E-state index contributed by atoms with van der Waals surface area (Å²) in [7, 11) is 0. The first-order chi connectivity index (χ1) is 14.1. The van der Waals surface area contributed by atoms with Gasteiger partial charge in [0.25, 0.3) is 11.1 Å². The molecule has 1 saturated heterocycles. The lowest BCUT2D eigenvalue weighted by Gasteiger charge is -2.12. The van der Waals surface area contributed by atoms with Gasteiger partial charge in [-0.3, -0.25) is 14.5 Å². The van der Waals surface area contributed by atoms with Gasteiger partial charge in [-0.2, -0.15) is 0 Å². The zero-order valence-corrected chi connectivity index (χ0v) is 16.7. The predicted molar refractivity (Wildman–Crippen MR) is 116 cm³/mol. The molecule has 5 heteroatoms. The molecule has 0 radical (unpaired) electrons. The maximum absolute atomic E-state index is 12.8. The Kier molecular flexibility index (Phi) is 5.49. The van der Waals surface area contributed by atoms with Crippen molar-refractivity contribution in [1.82, 2.24) is 4.90 Å². The fourth-order valence-electron chi connectivity index (χ4n) is 3.07. The molecule has 4 nitrogen and oxygen atoms in total. The lowest BCUT2D eigenvalue weighted by molar-refractivity contribution is -0.123. The molecule has 0 spiro atoms. The first-order valence-corrected chi connectivity index (χ1v) is 10.0. The average molecular weight is 401 g/mol. The van der Waals surface area contributed by atoms with Gasteiger partial charge in [0, 0.05) is 0 Å². The van der Waals surface area contributed by atoms with Crippen LogP contribution in [0.2, 0.25) is 0 Å². The molecular weight excluding hydrogens is 382 g/mol. The van der Waals surface area contributed by atoms with E-state index in [1.54, 1.807) is 6.08 Å². The Labute approximate surface area is 173 Å². The van der Waals surface area contributed by atoms with Crippen molar-refractivity contribution in [2.45, 2.75) is 13.5 Å². The zero-order valence-electron chi connectivity index (χ0n) is 15.9. The number of carbonyl (C=O) groups excluding carboxylic acids is 2. The second-order valence-electron chi connectivity index (χ2n) is 6.74. The van der Waals surface area contributed by atoms with Gasteiger partial charge >= 0.3 is 0 Å². The van der Waals surface area contributed by atoms with Crippen LogP contribution in [0.5, 0.6) is 11.5 Å². The van der Waals surface area contributed by atoms with Crippen LogP contribution in [-0.2, 0) is 11.3 Å². The van der Waals surface area contributed by atoms with Crippen LogP contribution in [0, 0.1) is 6.92 Å². The van der Waals surface area contributed by atoms with E-state index < -0.39 is 0 Å². The second kappa shape index (κ2) is 8.37. The van der Waals surface area contributed by atoms with E-state index in [9.17, 15) is 9.59 Å². The normalized spacial score (nSPS) is 15.2. The fraction of sp³-hybridized carbons (Fsp3) is 0.0833. The molecule has 1 fully saturated rings. The molecular formula is C24H19NO3S. The molecule has 0 aliphatic carbocycles. The Morgan fingerprint density at radius 2 is 1.66 bits per heavy atom. The Morgan fingerprint density at radius 1 is 0.897 bits per heavy atom. The van der Waals surface area contributed by atoms with E-state index in [1.807, 2.05) is 85.8 Å². The summed E-state index contributed by atoms with van der Waals surface area (Å²) in [6.45, 7) is 2.27. The Bertz CT molecular complexity index is 1090. The van der Waals surface area contributed by atoms with Crippen molar-refractivity contribution in [1.29, 1.82) is 0 Å². The molecule has 2 amide bonds. The largest absolute Gasteiger partial charge is 0.457 e. The maximum Gasteiger partial charge on any atom is 0.293 e. The van der Waals surface area contributed by atoms with E-state index >= 15 is 0 Å². The highest BCUT2D eigenvalue weighted by molar-refractivity contribution is 8.18. The van der Waals surface area contributed by atoms with Gasteiger partial charge in [-0.25, -0.2) is 0 Å². The molecule has 3 aromatic carbocycles. The molecule has 0 saturated carbocycles. The van der Waals surface area contributed by atoms with E-state index in [2.05, 4.69) is 0 Å². The van der Waals surface area contributed by atoms with Crippen molar-refractivity contribution in [3.8, 4) is 11.5 Å². The molecule has 0 N–H and O–H groups in total. The smallest absolute Gasteiger partial charge is 0.293 e. The van der Waals surface area contributed by atoms with Crippen molar-refractivity contribution < 1.29 is 14.3 Å². The highest BCUT2D eigenvalue weighted by Crippen LogP contribution is 2.34. The molecule has 1 aliphatic rings. The standard InChI is InChI=1S/C24H19NO3S/c1-17-7-5-9-19(13-17)16-25-23(26)22(29-24(25)27)15-18-8-6-12-21(14-18)28-20-10-3-2-4-11-20/h2-15H,16H2,1H3/b22-15-. The number of hydrogen-bond acceptors (Lipinski definition) is 4. The summed E-state index contributed by atoms with van der Waals surface area (Å²) in [5.41, 5.74) is 2.84. The number of carbonyl (C=O) groups is 2. The Hall–Kier alpha value is -3.31. The Morgan fingerprint density at radius 3 is 2.45 bits per heavy atom. The second-order valence-corrected chi connectivity index (χ2v) is 7.74. The van der Waals surface area contributed by atoms with Crippen LogP contribution >= 0.6 is 11.8 Å². The molecule has 29 heavy (non-hydrogen) atoms. The average Bonchev–Trinajstić information content (AvgIpc) is 2.96. The number of amides is 2. The number of hydrogen-bond donors (Lipinski definition) is 0. The SMILES string of the molecule is Cc1cccc(CN2C(=O)S/C(=C\c3cccc(Oc4ccccc4)c3)C2=O)c1. The van der Waals surface area contributed by atoms with E-state index in [-0.39, 0.29) is 17.7 Å². The zero-order chi connectivity index (χ0) is 20.2. The molecule has 0 atom stereocenters. The first-order valence-electron chi connectivity index (χ1n) is 9.22. The molecule has 0 unspecified atom stereocenters. The number of benzene rings is 3. The topological polar surface area (TPSA) is 46.6 Å². The van der Waals surface area contributed by atoms with E-state index in [0.717, 1.165) is 34.2 Å². The number of rotatable bonds is 5. The van der Waals surface area contributed by atoms with Gasteiger partial charge in [-0.15, -0.1) is 0 Å². The van der Waals surface area contributed by atoms with Crippen LogP contribution in [-0.4, -0.2) is 16.0 Å². The van der Waals surface area contributed by atoms with Crippen molar-refractivity contribution in [3.63, 3.8) is 0 Å². The summed E-state index contributed by atoms with van der Waals surface area (Å²) in [6, 6.07) is 24.8. The fourth-order valence-corrected chi connectivity index (χ4v) is 3.91. The number of imide groups is 1. The third-order valence-electron chi connectivity index (χ3n) is 4.43. The monoisotopic (exact) mass is 401 g/mol. The van der Waals surface area contributed by atoms with Crippen molar-refractivity contribution >= 4 is 29.0 Å². The van der Waals surface area contributed by atoms with Gasteiger partial charge in [0.2, 0.25) is 0 Å². The van der Waals surface area contributed by atoms with Crippen LogP contribution in [0.3, 0.4) is 0 Å². The Balaban J connectivity index is 1.52. The molecule has 1 aliphatic heterocycles. The van der Waals surface area contributed by atoms with Crippen LogP contribution in [0.4, 0.5) is 4.79 Å². The van der Waals surface area contributed by atoms with Crippen molar-refractivity contribution in [2.24, 2.45) is 0 Å². The third kappa shape index (κ3) is 4.58. The molecule has 4 rings (SSSR count). The number of ether oxygens (including phenoxy) is 1. The lowest BCUT2D eigenvalue weighted by Crippen LogP contribution is -2.27. The van der Waals surface area contributed by atoms with Gasteiger partial charge in [-0.05, 0) is 60.2 Å². The van der Waals surface area contributed by atoms with Crippen LogP contribution < -0.4 is 4.74 Å². The van der Waals surface area contributed by atoms with Gasteiger partial charge in [0.05, 0.1) is 11.4 Å². The van der Waals surface area contributed by atoms with Gasteiger partial charge in [0.1, 0.15) is 11.5 Å². The van der Waals surface area contributed by atoms with Gasteiger partial charge in [-0.1, -0.05) is 60.2 Å². The summed E-state index contributed by atoms with van der Waals surface area (Å²) in [6.07, 6.45) is 1.74. The summed E-state index contributed by atoms with van der Waals surface area (Å²) in [5.74, 6) is 1.14. The number of aryl methyl sites for hydroxylation is 1. The van der Waals surface area contributed by atoms with Crippen molar-refractivity contribution in [3.05, 3.63) is 100 Å². The number of nitrogens with zero attached hydrogens (tertiary/aromatic N) is 1. The molecule has 0 bridgehead atoms. The van der Waals surface area contributed by atoms with Gasteiger partial charge in [0.15, 0.2) is 0 Å². The van der Waals surface area contributed by atoms with Gasteiger partial charge < -0.3 is 4.74 Å². The minimum absolute atomic E-state index is 0.251. The lowest BCUT2D eigenvalue weighted by atomic mass is 10.1. The summed E-state index contributed by atoms with van der Waals surface area (Å²) < 4.78 is 5.84.